The van der Waals surface area contributed by atoms with Gasteiger partial charge in [0.05, 0.1) is 11.3 Å². The lowest BCUT2D eigenvalue weighted by Crippen LogP contribution is -2.13. The summed E-state index contributed by atoms with van der Waals surface area (Å²) < 4.78 is 38.0. The molecule has 23 heavy (non-hydrogen) atoms. The second kappa shape index (κ2) is 5.64. The Morgan fingerprint density at radius 1 is 1.13 bits per heavy atom. The van der Waals surface area contributed by atoms with Crippen molar-refractivity contribution in [2.24, 2.45) is 0 Å². The molecule has 0 aliphatic heterocycles. The highest BCUT2D eigenvalue weighted by Crippen LogP contribution is 2.30. The Labute approximate surface area is 128 Å². The molecule has 2 heterocycles. The van der Waals surface area contributed by atoms with E-state index in [1.54, 1.807) is 18.3 Å². The smallest absolute Gasteiger partial charge is 0.360 e. The Bertz CT molecular complexity index is 821. The van der Waals surface area contributed by atoms with Gasteiger partial charge in [-0.3, -0.25) is 9.89 Å². The lowest BCUT2D eigenvalue weighted by Gasteiger charge is -2.09. The molecule has 0 saturated heterocycles. The van der Waals surface area contributed by atoms with Crippen molar-refractivity contribution in [1.82, 2.24) is 15.2 Å². The molecule has 0 unspecified atom stereocenters. The van der Waals surface area contributed by atoms with Crippen molar-refractivity contribution in [3.05, 3.63) is 59.9 Å². The maximum atomic E-state index is 12.7. The van der Waals surface area contributed by atoms with E-state index in [4.69, 9.17) is 0 Å². The highest BCUT2D eigenvalue weighted by atomic mass is 19.4. The number of amides is 1. The number of nitrogens with zero attached hydrogens (tertiary/aromatic N) is 1. The summed E-state index contributed by atoms with van der Waals surface area (Å²) in [5, 5.41) is 8.94. The molecule has 0 fully saturated rings. The van der Waals surface area contributed by atoms with Gasteiger partial charge in [-0.25, -0.2) is 0 Å². The molecule has 0 bridgehead atoms. The van der Waals surface area contributed by atoms with Crippen LogP contribution in [0.25, 0.3) is 11.4 Å². The van der Waals surface area contributed by atoms with Crippen LogP contribution < -0.4 is 5.32 Å². The Morgan fingerprint density at radius 3 is 2.65 bits per heavy atom. The minimum absolute atomic E-state index is 0.0563. The summed E-state index contributed by atoms with van der Waals surface area (Å²) in [4.78, 5) is 15.0. The molecule has 0 aliphatic carbocycles. The fourth-order valence-corrected chi connectivity index (χ4v) is 2.04. The van der Waals surface area contributed by atoms with E-state index in [1.807, 2.05) is 0 Å². The molecular formula is C15H11F3N4O. The molecule has 0 radical (unpaired) electrons. The van der Waals surface area contributed by atoms with Crippen molar-refractivity contribution in [1.29, 1.82) is 0 Å². The zero-order valence-electron chi connectivity index (χ0n) is 11.6. The van der Waals surface area contributed by atoms with Crippen LogP contribution in [0.15, 0.2) is 48.7 Å². The van der Waals surface area contributed by atoms with E-state index in [2.05, 4.69) is 20.5 Å². The molecule has 5 nitrogen and oxygen atoms in total. The normalized spacial score (nSPS) is 11.4. The second-order valence-electron chi connectivity index (χ2n) is 4.78. The predicted molar refractivity (Wildman–Crippen MR) is 77.8 cm³/mol. The number of anilines is 1. The third kappa shape index (κ3) is 3.25. The van der Waals surface area contributed by atoms with Gasteiger partial charge < -0.3 is 10.3 Å². The monoisotopic (exact) mass is 320 g/mol. The second-order valence-corrected chi connectivity index (χ2v) is 4.78. The van der Waals surface area contributed by atoms with Crippen LogP contribution in [-0.4, -0.2) is 21.1 Å². The first-order valence-corrected chi connectivity index (χ1v) is 6.61. The molecule has 2 aromatic heterocycles. The molecule has 0 atom stereocenters. The lowest BCUT2D eigenvalue weighted by atomic mass is 10.2. The van der Waals surface area contributed by atoms with E-state index in [9.17, 15) is 18.0 Å². The molecule has 1 amide bonds. The quantitative estimate of drug-likeness (QED) is 0.689. The number of nitrogens with one attached hydrogen (secondary N) is 3. The van der Waals surface area contributed by atoms with Crippen LogP contribution in [0.3, 0.4) is 0 Å². The van der Waals surface area contributed by atoms with E-state index in [-0.39, 0.29) is 11.4 Å². The third-order valence-corrected chi connectivity index (χ3v) is 3.14. The van der Waals surface area contributed by atoms with Gasteiger partial charge in [-0.05, 0) is 36.4 Å². The number of carbonyl (C=O) groups is 1. The van der Waals surface area contributed by atoms with E-state index in [1.165, 1.54) is 18.2 Å². The van der Waals surface area contributed by atoms with Crippen LogP contribution in [0, 0.1) is 0 Å². The highest BCUT2D eigenvalue weighted by molar-refractivity contribution is 6.03. The van der Waals surface area contributed by atoms with Crippen LogP contribution in [0.4, 0.5) is 18.9 Å². The van der Waals surface area contributed by atoms with E-state index in [0.29, 0.717) is 5.69 Å². The fraction of sp³-hybridized carbons (Fsp3) is 0.0667. The summed E-state index contributed by atoms with van der Waals surface area (Å²) >= 11 is 0. The highest BCUT2D eigenvalue weighted by Gasteiger charge is 2.30. The zero-order valence-corrected chi connectivity index (χ0v) is 11.6. The number of hydrogen-bond acceptors (Lipinski definition) is 2. The van der Waals surface area contributed by atoms with E-state index in [0.717, 1.165) is 17.8 Å². The molecule has 1 aromatic carbocycles. The number of benzene rings is 1. The van der Waals surface area contributed by atoms with Crippen LogP contribution in [0.1, 0.15) is 16.1 Å². The summed E-state index contributed by atoms with van der Waals surface area (Å²) in [5.74, 6) is -0.574. The van der Waals surface area contributed by atoms with Crippen LogP contribution in [-0.2, 0) is 6.18 Å². The number of rotatable bonds is 3. The number of H-pyrrole nitrogens is 2. The van der Waals surface area contributed by atoms with Gasteiger partial charge in [0.2, 0.25) is 0 Å². The standard InChI is InChI=1S/C15H11F3N4O/c16-15(17,18)9-3-1-4-10(7-9)20-14(23)13-8-12(21-22-13)11-5-2-6-19-11/h1-8,19H,(H,20,23)(H,21,22). The molecule has 0 spiro atoms. The van der Waals surface area contributed by atoms with Gasteiger partial charge >= 0.3 is 6.18 Å². The molecule has 118 valence electrons. The lowest BCUT2D eigenvalue weighted by molar-refractivity contribution is -0.137. The summed E-state index contributed by atoms with van der Waals surface area (Å²) in [6.45, 7) is 0. The Hall–Kier alpha value is -3.03. The number of halogens is 3. The predicted octanol–water partition coefficient (Wildman–Crippen LogP) is 3.68. The maximum Gasteiger partial charge on any atom is 0.416 e. The van der Waals surface area contributed by atoms with Gasteiger partial charge in [0.1, 0.15) is 11.4 Å². The van der Waals surface area contributed by atoms with Crippen LogP contribution in [0.5, 0.6) is 0 Å². The molecule has 3 aromatic rings. The van der Waals surface area contributed by atoms with Crippen molar-refractivity contribution >= 4 is 11.6 Å². The third-order valence-electron chi connectivity index (χ3n) is 3.14. The first kappa shape index (κ1) is 14.9. The van der Waals surface area contributed by atoms with E-state index < -0.39 is 17.6 Å². The van der Waals surface area contributed by atoms with Gasteiger partial charge in [0.15, 0.2) is 0 Å². The Kier molecular flexibility index (Phi) is 3.65. The topological polar surface area (TPSA) is 73.6 Å². The molecule has 3 rings (SSSR count). The first-order valence-electron chi connectivity index (χ1n) is 6.61. The summed E-state index contributed by atoms with van der Waals surface area (Å²) in [6.07, 6.45) is -2.75. The van der Waals surface area contributed by atoms with Crippen molar-refractivity contribution in [2.45, 2.75) is 6.18 Å². The molecule has 0 saturated carbocycles. The van der Waals surface area contributed by atoms with Gasteiger partial charge in [0, 0.05) is 11.9 Å². The number of aromatic nitrogens is 3. The minimum Gasteiger partial charge on any atom is -0.360 e. The fourth-order valence-electron chi connectivity index (χ4n) is 2.04. The number of alkyl halides is 3. The van der Waals surface area contributed by atoms with Crippen molar-refractivity contribution < 1.29 is 18.0 Å². The minimum atomic E-state index is -4.46. The Morgan fingerprint density at radius 2 is 1.96 bits per heavy atom. The number of hydrogen-bond donors (Lipinski definition) is 3. The van der Waals surface area contributed by atoms with Gasteiger partial charge in [-0.15, -0.1) is 0 Å². The summed E-state index contributed by atoms with van der Waals surface area (Å²) in [7, 11) is 0. The summed E-state index contributed by atoms with van der Waals surface area (Å²) in [5.41, 5.74) is 0.628. The van der Waals surface area contributed by atoms with Gasteiger partial charge in [0.25, 0.3) is 5.91 Å². The van der Waals surface area contributed by atoms with Crippen LogP contribution >= 0.6 is 0 Å². The Balaban J connectivity index is 1.77. The molecule has 0 aliphatic rings. The molecular weight excluding hydrogens is 309 g/mol. The van der Waals surface area contributed by atoms with Crippen molar-refractivity contribution in [3.63, 3.8) is 0 Å². The first-order chi connectivity index (χ1) is 10.9. The van der Waals surface area contributed by atoms with Gasteiger partial charge in [-0.2, -0.15) is 18.3 Å². The van der Waals surface area contributed by atoms with Crippen LogP contribution in [0.2, 0.25) is 0 Å². The van der Waals surface area contributed by atoms with Gasteiger partial charge in [-0.1, -0.05) is 6.07 Å². The number of carbonyl (C=O) groups excluding carboxylic acids is 1. The average molecular weight is 320 g/mol. The summed E-state index contributed by atoms with van der Waals surface area (Å²) in [6, 6.07) is 9.51. The number of aromatic amines is 2. The largest absolute Gasteiger partial charge is 0.416 e. The average Bonchev–Trinajstić information content (AvgIpc) is 3.18. The maximum absolute atomic E-state index is 12.7. The molecule has 8 heteroatoms. The van der Waals surface area contributed by atoms with E-state index >= 15 is 0 Å². The SMILES string of the molecule is O=C(Nc1cccc(C(F)(F)F)c1)c1cc(-c2ccc[nH]2)n[nH]1. The molecule has 3 N–H and O–H groups in total. The van der Waals surface area contributed by atoms with Crippen molar-refractivity contribution in [3.8, 4) is 11.4 Å². The van der Waals surface area contributed by atoms with Crippen molar-refractivity contribution in [2.75, 3.05) is 5.32 Å². The zero-order chi connectivity index (χ0) is 16.4.